The Morgan fingerprint density at radius 3 is 2.59 bits per heavy atom. The van der Waals surface area contributed by atoms with Crippen LogP contribution in [0.4, 0.5) is 10.5 Å². The number of benzene rings is 2. The van der Waals surface area contributed by atoms with E-state index in [2.05, 4.69) is 21.2 Å². The molecule has 7 heteroatoms. The minimum absolute atomic E-state index is 0.135. The SMILES string of the molecule is CCOc1ccccc1C=C1C(=O)NC(=O)N(c2ccc(Br)cc2C)C1=O. The number of imide groups is 2. The van der Waals surface area contributed by atoms with E-state index in [1.165, 1.54) is 6.08 Å². The van der Waals surface area contributed by atoms with Crippen LogP contribution in [0.2, 0.25) is 0 Å². The Bertz CT molecular complexity index is 968. The second kappa shape index (κ2) is 7.75. The lowest BCUT2D eigenvalue weighted by Gasteiger charge is -2.27. The van der Waals surface area contributed by atoms with Crippen molar-refractivity contribution >= 4 is 45.5 Å². The number of hydrogen-bond donors (Lipinski definition) is 1. The first-order valence-corrected chi connectivity index (χ1v) is 9.11. The van der Waals surface area contributed by atoms with Crippen molar-refractivity contribution in [2.75, 3.05) is 11.5 Å². The first kappa shape index (κ1) is 18.8. The third kappa shape index (κ3) is 3.78. The Morgan fingerprint density at radius 2 is 1.89 bits per heavy atom. The van der Waals surface area contributed by atoms with Crippen molar-refractivity contribution in [1.82, 2.24) is 5.32 Å². The average molecular weight is 429 g/mol. The van der Waals surface area contributed by atoms with Crippen molar-refractivity contribution in [2.24, 2.45) is 0 Å². The number of anilines is 1. The number of amides is 4. The van der Waals surface area contributed by atoms with Gasteiger partial charge in [0.15, 0.2) is 0 Å². The van der Waals surface area contributed by atoms with E-state index in [1.807, 2.05) is 6.92 Å². The van der Waals surface area contributed by atoms with E-state index in [0.717, 1.165) is 14.9 Å². The average Bonchev–Trinajstić information content (AvgIpc) is 2.62. The maximum Gasteiger partial charge on any atom is 0.335 e. The predicted molar refractivity (Wildman–Crippen MR) is 105 cm³/mol. The van der Waals surface area contributed by atoms with Crippen LogP contribution in [-0.4, -0.2) is 24.5 Å². The normalized spacial score (nSPS) is 15.9. The fraction of sp³-hybridized carbons (Fsp3) is 0.150. The van der Waals surface area contributed by atoms with Gasteiger partial charge in [-0.3, -0.25) is 14.9 Å². The number of nitrogens with one attached hydrogen (secondary N) is 1. The molecule has 0 saturated carbocycles. The fourth-order valence-electron chi connectivity index (χ4n) is 2.79. The lowest BCUT2D eigenvalue weighted by molar-refractivity contribution is -0.122. The Kier molecular flexibility index (Phi) is 5.41. The van der Waals surface area contributed by atoms with Crippen LogP contribution >= 0.6 is 15.9 Å². The van der Waals surface area contributed by atoms with Crippen LogP contribution < -0.4 is 15.0 Å². The Labute approximate surface area is 164 Å². The zero-order valence-corrected chi connectivity index (χ0v) is 16.4. The number of rotatable bonds is 4. The van der Waals surface area contributed by atoms with Gasteiger partial charge in [0, 0.05) is 10.0 Å². The van der Waals surface area contributed by atoms with E-state index >= 15 is 0 Å². The minimum Gasteiger partial charge on any atom is -0.493 e. The number of barbiturate groups is 1. The zero-order valence-electron chi connectivity index (χ0n) is 14.8. The second-order valence-corrected chi connectivity index (χ2v) is 6.78. The molecule has 2 aromatic carbocycles. The van der Waals surface area contributed by atoms with Gasteiger partial charge >= 0.3 is 6.03 Å². The predicted octanol–water partition coefficient (Wildman–Crippen LogP) is 3.82. The van der Waals surface area contributed by atoms with Crippen LogP contribution in [0, 0.1) is 6.92 Å². The highest BCUT2D eigenvalue weighted by atomic mass is 79.9. The molecule has 0 aromatic heterocycles. The van der Waals surface area contributed by atoms with E-state index in [-0.39, 0.29) is 5.57 Å². The molecule has 0 aliphatic carbocycles. The largest absolute Gasteiger partial charge is 0.493 e. The van der Waals surface area contributed by atoms with Crippen LogP contribution in [-0.2, 0) is 9.59 Å². The van der Waals surface area contributed by atoms with E-state index in [4.69, 9.17) is 4.74 Å². The molecule has 27 heavy (non-hydrogen) atoms. The quantitative estimate of drug-likeness (QED) is 0.592. The monoisotopic (exact) mass is 428 g/mol. The molecule has 1 N–H and O–H groups in total. The van der Waals surface area contributed by atoms with Gasteiger partial charge in [0.05, 0.1) is 12.3 Å². The van der Waals surface area contributed by atoms with Gasteiger partial charge in [0.2, 0.25) is 0 Å². The summed E-state index contributed by atoms with van der Waals surface area (Å²) in [5, 5.41) is 2.23. The van der Waals surface area contributed by atoms with Crippen molar-refractivity contribution in [3.63, 3.8) is 0 Å². The van der Waals surface area contributed by atoms with Crippen LogP contribution in [0.1, 0.15) is 18.1 Å². The molecule has 1 fully saturated rings. The summed E-state index contributed by atoms with van der Waals surface area (Å²) in [5.74, 6) is -0.862. The molecule has 0 spiro atoms. The number of urea groups is 1. The molecule has 4 amide bonds. The number of halogens is 1. The molecule has 3 rings (SSSR count). The highest BCUT2D eigenvalue weighted by molar-refractivity contribution is 9.10. The number of aryl methyl sites for hydroxylation is 1. The molecule has 6 nitrogen and oxygen atoms in total. The number of carbonyl (C=O) groups excluding carboxylic acids is 3. The summed E-state index contributed by atoms with van der Waals surface area (Å²) in [5.41, 5.74) is 1.58. The zero-order chi connectivity index (χ0) is 19.6. The van der Waals surface area contributed by atoms with Crippen molar-refractivity contribution in [3.8, 4) is 5.75 Å². The Balaban J connectivity index is 2.05. The van der Waals surface area contributed by atoms with E-state index in [1.54, 1.807) is 49.4 Å². The maximum absolute atomic E-state index is 13.0. The topological polar surface area (TPSA) is 75.7 Å². The highest BCUT2D eigenvalue weighted by Gasteiger charge is 2.37. The van der Waals surface area contributed by atoms with Gasteiger partial charge in [-0.1, -0.05) is 34.1 Å². The highest BCUT2D eigenvalue weighted by Crippen LogP contribution is 2.28. The number of ether oxygens (including phenoxy) is 1. The summed E-state index contributed by atoms with van der Waals surface area (Å²) in [6, 6.07) is 11.5. The second-order valence-electron chi connectivity index (χ2n) is 5.86. The molecule has 0 radical (unpaired) electrons. The molecule has 1 saturated heterocycles. The van der Waals surface area contributed by atoms with E-state index in [0.29, 0.717) is 23.6 Å². The van der Waals surface area contributed by atoms with Gasteiger partial charge in [-0.15, -0.1) is 0 Å². The molecule has 0 bridgehead atoms. The van der Waals surface area contributed by atoms with E-state index in [9.17, 15) is 14.4 Å². The standard InChI is InChI=1S/C20H17BrN2O4/c1-3-27-17-7-5-4-6-13(17)11-15-18(24)22-20(26)23(19(15)25)16-9-8-14(21)10-12(16)2/h4-11H,3H2,1-2H3,(H,22,24,26). The van der Waals surface area contributed by atoms with Gasteiger partial charge in [-0.2, -0.15) is 0 Å². The number of nitrogens with zero attached hydrogens (tertiary/aromatic N) is 1. The summed E-state index contributed by atoms with van der Waals surface area (Å²) < 4.78 is 6.37. The Hall–Kier alpha value is -2.93. The third-order valence-corrected chi connectivity index (χ3v) is 4.51. The molecule has 1 aliphatic rings. The van der Waals surface area contributed by atoms with Crippen LogP contribution in [0.3, 0.4) is 0 Å². The first-order valence-electron chi connectivity index (χ1n) is 8.31. The smallest absolute Gasteiger partial charge is 0.335 e. The molecule has 1 aliphatic heterocycles. The Morgan fingerprint density at radius 1 is 1.15 bits per heavy atom. The lowest BCUT2D eigenvalue weighted by atomic mass is 10.1. The summed E-state index contributed by atoms with van der Waals surface area (Å²) >= 11 is 3.36. The first-order chi connectivity index (χ1) is 12.9. The van der Waals surface area contributed by atoms with Crippen molar-refractivity contribution in [1.29, 1.82) is 0 Å². The maximum atomic E-state index is 13.0. The molecule has 0 atom stereocenters. The minimum atomic E-state index is -0.773. The lowest BCUT2D eigenvalue weighted by Crippen LogP contribution is -2.54. The fourth-order valence-corrected chi connectivity index (χ4v) is 3.26. The summed E-state index contributed by atoms with van der Waals surface area (Å²) in [6.07, 6.45) is 1.44. The molecule has 2 aromatic rings. The summed E-state index contributed by atoms with van der Waals surface area (Å²) in [7, 11) is 0. The van der Waals surface area contributed by atoms with Gasteiger partial charge in [-0.25, -0.2) is 9.69 Å². The summed E-state index contributed by atoms with van der Waals surface area (Å²) in [4.78, 5) is 38.6. The van der Waals surface area contributed by atoms with Crippen LogP contribution in [0.15, 0.2) is 52.5 Å². The molecule has 0 unspecified atom stereocenters. The van der Waals surface area contributed by atoms with Crippen molar-refractivity contribution < 1.29 is 19.1 Å². The van der Waals surface area contributed by atoms with Crippen LogP contribution in [0.5, 0.6) is 5.75 Å². The van der Waals surface area contributed by atoms with Gasteiger partial charge in [-0.05, 0) is 49.8 Å². The van der Waals surface area contributed by atoms with E-state index < -0.39 is 17.8 Å². The molecule has 138 valence electrons. The molecular formula is C20H17BrN2O4. The molecular weight excluding hydrogens is 412 g/mol. The van der Waals surface area contributed by atoms with Crippen LogP contribution in [0.25, 0.3) is 6.08 Å². The number of hydrogen-bond acceptors (Lipinski definition) is 4. The van der Waals surface area contributed by atoms with Gasteiger partial charge < -0.3 is 4.74 Å². The summed E-state index contributed by atoms with van der Waals surface area (Å²) in [6.45, 7) is 4.08. The number of carbonyl (C=O) groups is 3. The third-order valence-electron chi connectivity index (χ3n) is 4.02. The van der Waals surface area contributed by atoms with Gasteiger partial charge in [0.1, 0.15) is 11.3 Å². The van der Waals surface area contributed by atoms with Crippen molar-refractivity contribution in [3.05, 3.63) is 63.6 Å². The molecule has 1 heterocycles. The number of para-hydroxylation sites is 1. The van der Waals surface area contributed by atoms with Crippen molar-refractivity contribution in [2.45, 2.75) is 13.8 Å². The van der Waals surface area contributed by atoms with Gasteiger partial charge in [0.25, 0.3) is 11.8 Å².